The number of benzene rings is 1. The fourth-order valence-corrected chi connectivity index (χ4v) is 1.71. The van der Waals surface area contributed by atoms with E-state index in [4.69, 9.17) is 11.5 Å². The number of hydrogen-bond donors (Lipinski definition) is 2. The lowest BCUT2D eigenvalue weighted by Crippen LogP contribution is -2.12. The largest absolute Gasteiger partial charge is 0.364 e. The van der Waals surface area contributed by atoms with Crippen molar-refractivity contribution >= 4 is 5.91 Å². The Morgan fingerprint density at radius 3 is 2.50 bits per heavy atom. The van der Waals surface area contributed by atoms with Gasteiger partial charge < -0.3 is 11.5 Å². The molecule has 0 bridgehead atoms. The molecule has 0 saturated carbocycles. The SMILES string of the molecule is CC[C@H](N)c1ccc(-n2ccc(C(N)=O)n2)cc1. The molecule has 1 amide bonds. The Labute approximate surface area is 105 Å². The maximum absolute atomic E-state index is 11.0. The van der Waals surface area contributed by atoms with Crippen molar-refractivity contribution in [2.24, 2.45) is 11.5 Å². The summed E-state index contributed by atoms with van der Waals surface area (Å²) in [5.41, 5.74) is 13.3. The van der Waals surface area contributed by atoms with Crippen molar-refractivity contribution in [2.45, 2.75) is 19.4 Å². The summed E-state index contributed by atoms with van der Waals surface area (Å²) in [4.78, 5) is 11.0. The van der Waals surface area contributed by atoms with Gasteiger partial charge in [0.25, 0.3) is 5.91 Å². The van der Waals surface area contributed by atoms with E-state index < -0.39 is 5.91 Å². The number of amides is 1. The van der Waals surface area contributed by atoms with Gasteiger partial charge >= 0.3 is 0 Å². The summed E-state index contributed by atoms with van der Waals surface area (Å²) < 4.78 is 1.61. The van der Waals surface area contributed by atoms with Crippen molar-refractivity contribution < 1.29 is 4.79 Å². The third-order valence-corrected chi connectivity index (χ3v) is 2.87. The van der Waals surface area contributed by atoms with Crippen LogP contribution in [0, 0.1) is 0 Å². The smallest absolute Gasteiger partial charge is 0.269 e. The molecular formula is C13H16N4O. The van der Waals surface area contributed by atoms with Crippen molar-refractivity contribution in [1.29, 1.82) is 0 Å². The molecule has 0 saturated heterocycles. The summed E-state index contributed by atoms with van der Waals surface area (Å²) in [7, 11) is 0. The van der Waals surface area contributed by atoms with Gasteiger partial charge in [0.2, 0.25) is 0 Å². The summed E-state index contributed by atoms with van der Waals surface area (Å²) in [5.74, 6) is -0.529. The number of carbonyl (C=O) groups excluding carboxylic acids is 1. The maximum atomic E-state index is 11.0. The zero-order valence-corrected chi connectivity index (χ0v) is 10.2. The molecule has 2 aromatic rings. The summed E-state index contributed by atoms with van der Waals surface area (Å²) in [6.07, 6.45) is 2.60. The average molecular weight is 244 g/mol. The van der Waals surface area contributed by atoms with Crippen molar-refractivity contribution in [3.63, 3.8) is 0 Å². The molecule has 94 valence electrons. The van der Waals surface area contributed by atoms with Crippen LogP contribution in [0.15, 0.2) is 36.5 Å². The van der Waals surface area contributed by atoms with Crippen molar-refractivity contribution in [3.05, 3.63) is 47.8 Å². The summed E-state index contributed by atoms with van der Waals surface area (Å²) in [5, 5.41) is 4.09. The fraction of sp³-hybridized carbons (Fsp3) is 0.231. The number of aromatic nitrogens is 2. The maximum Gasteiger partial charge on any atom is 0.269 e. The van der Waals surface area contributed by atoms with Gasteiger partial charge in [0, 0.05) is 12.2 Å². The van der Waals surface area contributed by atoms with E-state index in [1.165, 1.54) is 0 Å². The standard InChI is InChI=1S/C13H16N4O/c1-2-11(14)9-3-5-10(6-4-9)17-8-7-12(16-17)13(15)18/h3-8,11H,2,14H2,1H3,(H2,15,18)/t11-/m0/s1. The fourth-order valence-electron chi connectivity index (χ4n) is 1.71. The second-order valence-electron chi connectivity index (χ2n) is 4.12. The van der Waals surface area contributed by atoms with E-state index in [-0.39, 0.29) is 11.7 Å². The van der Waals surface area contributed by atoms with Gasteiger partial charge in [-0.3, -0.25) is 4.79 Å². The van der Waals surface area contributed by atoms with E-state index in [1.54, 1.807) is 16.9 Å². The molecule has 4 N–H and O–H groups in total. The van der Waals surface area contributed by atoms with Crippen molar-refractivity contribution in [3.8, 4) is 5.69 Å². The normalized spacial score (nSPS) is 12.3. The van der Waals surface area contributed by atoms with Gasteiger partial charge in [-0.2, -0.15) is 5.10 Å². The second-order valence-corrected chi connectivity index (χ2v) is 4.12. The molecule has 1 atom stereocenters. The van der Waals surface area contributed by atoms with Crippen LogP contribution in [-0.2, 0) is 0 Å². The number of nitrogens with two attached hydrogens (primary N) is 2. The van der Waals surface area contributed by atoms with Crippen LogP contribution in [0.4, 0.5) is 0 Å². The van der Waals surface area contributed by atoms with Gasteiger partial charge in [0.1, 0.15) is 5.69 Å². The van der Waals surface area contributed by atoms with Crippen LogP contribution >= 0.6 is 0 Å². The van der Waals surface area contributed by atoms with Crippen molar-refractivity contribution in [1.82, 2.24) is 9.78 Å². The molecule has 1 heterocycles. The Morgan fingerprint density at radius 2 is 2.00 bits per heavy atom. The van der Waals surface area contributed by atoms with Gasteiger partial charge in [0.15, 0.2) is 0 Å². The van der Waals surface area contributed by atoms with E-state index in [1.807, 2.05) is 31.2 Å². The minimum Gasteiger partial charge on any atom is -0.364 e. The lowest BCUT2D eigenvalue weighted by molar-refractivity contribution is 0.0995. The van der Waals surface area contributed by atoms with Gasteiger partial charge in [0.05, 0.1) is 5.69 Å². The van der Waals surface area contributed by atoms with E-state index >= 15 is 0 Å². The van der Waals surface area contributed by atoms with Crippen LogP contribution in [0.1, 0.15) is 35.4 Å². The molecule has 18 heavy (non-hydrogen) atoms. The van der Waals surface area contributed by atoms with E-state index in [9.17, 15) is 4.79 Å². The molecular weight excluding hydrogens is 228 g/mol. The highest BCUT2D eigenvalue weighted by Crippen LogP contribution is 2.16. The summed E-state index contributed by atoms with van der Waals surface area (Å²) >= 11 is 0. The number of hydrogen-bond acceptors (Lipinski definition) is 3. The molecule has 1 aromatic carbocycles. The number of carbonyl (C=O) groups is 1. The lowest BCUT2D eigenvalue weighted by atomic mass is 10.1. The summed E-state index contributed by atoms with van der Waals surface area (Å²) in [6.45, 7) is 2.05. The predicted molar refractivity (Wildman–Crippen MR) is 69.3 cm³/mol. The minimum absolute atomic E-state index is 0.0536. The summed E-state index contributed by atoms with van der Waals surface area (Å²) in [6, 6.07) is 9.42. The van der Waals surface area contributed by atoms with Crippen LogP contribution < -0.4 is 11.5 Å². The molecule has 0 fully saturated rings. The molecule has 2 rings (SSSR count). The molecule has 0 spiro atoms. The van der Waals surface area contributed by atoms with Gasteiger partial charge in [-0.15, -0.1) is 0 Å². The van der Waals surface area contributed by atoms with Crippen LogP contribution in [0.3, 0.4) is 0 Å². The first-order valence-electron chi connectivity index (χ1n) is 5.83. The Morgan fingerprint density at radius 1 is 1.33 bits per heavy atom. The second kappa shape index (κ2) is 5.01. The number of primary amides is 1. The number of nitrogens with zero attached hydrogens (tertiary/aromatic N) is 2. The molecule has 0 aliphatic rings. The molecule has 0 aliphatic heterocycles. The van der Waals surface area contributed by atoms with E-state index in [2.05, 4.69) is 5.10 Å². The highest BCUT2D eigenvalue weighted by Gasteiger charge is 2.07. The molecule has 5 nitrogen and oxygen atoms in total. The zero-order valence-electron chi connectivity index (χ0n) is 10.2. The Kier molecular flexibility index (Phi) is 3.43. The average Bonchev–Trinajstić information content (AvgIpc) is 2.88. The molecule has 1 aromatic heterocycles. The van der Waals surface area contributed by atoms with Crippen LogP contribution in [0.5, 0.6) is 0 Å². The van der Waals surface area contributed by atoms with E-state index in [0.29, 0.717) is 0 Å². The quantitative estimate of drug-likeness (QED) is 0.851. The highest BCUT2D eigenvalue weighted by molar-refractivity contribution is 5.90. The van der Waals surface area contributed by atoms with Gasteiger partial charge in [-0.1, -0.05) is 19.1 Å². The van der Waals surface area contributed by atoms with Gasteiger partial charge in [-0.05, 0) is 30.2 Å². The molecule has 0 radical (unpaired) electrons. The topological polar surface area (TPSA) is 86.9 Å². The Balaban J connectivity index is 2.25. The Bertz CT molecular complexity index is 544. The molecule has 0 aliphatic carbocycles. The third-order valence-electron chi connectivity index (χ3n) is 2.87. The molecule has 5 heteroatoms. The Hall–Kier alpha value is -2.14. The van der Waals surface area contributed by atoms with Crippen molar-refractivity contribution in [2.75, 3.05) is 0 Å². The predicted octanol–water partition coefficient (Wildman–Crippen LogP) is 1.38. The van der Waals surface area contributed by atoms with Crippen LogP contribution in [0.25, 0.3) is 5.69 Å². The number of rotatable bonds is 4. The zero-order chi connectivity index (χ0) is 13.1. The highest BCUT2D eigenvalue weighted by atomic mass is 16.1. The van der Waals surface area contributed by atoms with E-state index in [0.717, 1.165) is 17.7 Å². The first-order valence-corrected chi connectivity index (χ1v) is 5.83. The van der Waals surface area contributed by atoms with Crippen LogP contribution in [-0.4, -0.2) is 15.7 Å². The monoisotopic (exact) mass is 244 g/mol. The van der Waals surface area contributed by atoms with Crippen LogP contribution in [0.2, 0.25) is 0 Å². The first-order chi connectivity index (χ1) is 8.61. The van der Waals surface area contributed by atoms with Gasteiger partial charge in [-0.25, -0.2) is 4.68 Å². The minimum atomic E-state index is -0.529. The lowest BCUT2D eigenvalue weighted by Gasteiger charge is -2.09. The first kappa shape index (κ1) is 12.3. The third kappa shape index (κ3) is 2.41. The molecule has 0 unspecified atom stereocenters.